The molecular formula is C14H14ClN3O2. The molecule has 2 aromatic rings. The van der Waals surface area contributed by atoms with Crippen molar-refractivity contribution in [3.8, 4) is 5.75 Å². The second-order valence-corrected chi connectivity index (χ2v) is 4.49. The van der Waals surface area contributed by atoms with Crippen LogP contribution in [0.1, 0.15) is 15.9 Å². The van der Waals surface area contributed by atoms with Crippen molar-refractivity contribution in [1.29, 1.82) is 0 Å². The average Bonchev–Trinajstić information content (AvgIpc) is 2.47. The monoisotopic (exact) mass is 291 g/mol. The molecule has 0 spiro atoms. The molecule has 0 radical (unpaired) electrons. The summed E-state index contributed by atoms with van der Waals surface area (Å²) in [6.45, 7) is 0.352. The van der Waals surface area contributed by atoms with Crippen LogP contribution in [0.3, 0.4) is 0 Å². The number of hydrogen-bond donors (Lipinski definition) is 2. The Bertz CT molecular complexity index is 632. The minimum Gasteiger partial charge on any atom is -0.496 e. The van der Waals surface area contributed by atoms with E-state index in [4.69, 9.17) is 22.1 Å². The molecule has 0 aliphatic rings. The van der Waals surface area contributed by atoms with Crippen LogP contribution in [-0.2, 0) is 6.54 Å². The highest BCUT2D eigenvalue weighted by atomic mass is 35.5. The molecule has 1 heterocycles. The zero-order chi connectivity index (χ0) is 14.5. The number of aromatic nitrogens is 1. The van der Waals surface area contributed by atoms with Crippen LogP contribution in [0, 0.1) is 0 Å². The van der Waals surface area contributed by atoms with Gasteiger partial charge in [0.25, 0.3) is 5.91 Å². The first-order valence-electron chi connectivity index (χ1n) is 5.93. The zero-order valence-corrected chi connectivity index (χ0v) is 11.6. The van der Waals surface area contributed by atoms with Crippen molar-refractivity contribution in [2.45, 2.75) is 6.54 Å². The second kappa shape index (κ2) is 6.25. The van der Waals surface area contributed by atoms with Gasteiger partial charge < -0.3 is 15.8 Å². The quantitative estimate of drug-likeness (QED) is 0.906. The van der Waals surface area contributed by atoms with E-state index in [1.54, 1.807) is 7.11 Å². The van der Waals surface area contributed by atoms with Crippen molar-refractivity contribution < 1.29 is 9.53 Å². The lowest BCUT2D eigenvalue weighted by Crippen LogP contribution is -2.23. The number of methoxy groups -OCH3 is 1. The highest BCUT2D eigenvalue weighted by Gasteiger charge is 2.09. The number of halogens is 1. The van der Waals surface area contributed by atoms with Crippen molar-refractivity contribution in [1.82, 2.24) is 10.3 Å². The second-order valence-electron chi connectivity index (χ2n) is 4.09. The molecule has 1 aromatic carbocycles. The van der Waals surface area contributed by atoms with E-state index in [-0.39, 0.29) is 16.7 Å². The maximum Gasteiger partial charge on any atom is 0.253 e. The van der Waals surface area contributed by atoms with Gasteiger partial charge in [0.05, 0.1) is 17.7 Å². The minimum absolute atomic E-state index is 0.202. The van der Waals surface area contributed by atoms with Crippen LogP contribution in [-0.4, -0.2) is 18.0 Å². The van der Waals surface area contributed by atoms with Crippen LogP contribution < -0.4 is 15.8 Å². The van der Waals surface area contributed by atoms with Crippen LogP contribution in [0.25, 0.3) is 0 Å². The number of benzene rings is 1. The lowest BCUT2D eigenvalue weighted by Gasteiger charge is -2.09. The van der Waals surface area contributed by atoms with E-state index in [1.165, 1.54) is 12.3 Å². The molecule has 5 nitrogen and oxygen atoms in total. The largest absolute Gasteiger partial charge is 0.496 e. The molecule has 1 amide bonds. The lowest BCUT2D eigenvalue weighted by atomic mass is 10.2. The van der Waals surface area contributed by atoms with Gasteiger partial charge in [-0.25, -0.2) is 4.98 Å². The summed E-state index contributed by atoms with van der Waals surface area (Å²) < 4.78 is 5.22. The third-order valence-electron chi connectivity index (χ3n) is 2.76. The minimum atomic E-state index is -0.273. The highest BCUT2D eigenvalue weighted by Crippen LogP contribution is 2.18. The number of pyridine rings is 1. The van der Waals surface area contributed by atoms with Gasteiger partial charge in [0.2, 0.25) is 0 Å². The molecule has 0 atom stereocenters. The SMILES string of the molecule is COc1ccccc1CNC(=O)c1cnc(N)c(Cl)c1. The fraction of sp³-hybridized carbons (Fsp3) is 0.143. The first kappa shape index (κ1) is 14.1. The molecule has 2 rings (SSSR count). The summed E-state index contributed by atoms with van der Waals surface area (Å²) in [6.07, 6.45) is 1.39. The van der Waals surface area contributed by atoms with Gasteiger partial charge in [0.1, 0.15) is 11.6 Å². The van der Waals surface area contributed by atoms with Gasteiger partial charge in [-0.3, -0.25) is 4.79 Å². The van der Waals surface area contributed by atoms with Gasteiger partial charge in [0.15, 0.2) is 0 Å². The number of nitrogens with two attached hydrogens (primary N) is 1. The van der Waals surface area contributed by atoms with E-state index in [0.29, 0.717) is 12.1 Å². The predicted molar refractivity (Wildman–Crippen MR) is 77.8 cm³/mol. The molecule has 0 saturated carbocycles. The molecule has 20 heavy (non-hydrogen) atoms. The van der Waals surface area contributed by atoms with Crippen molar-refractivity contribution in [2.75, 3.05) is 12.8 Å². The van der Waals surface area contributed by atoms with Gasteiger partial charge in [-0.1, -0.05) is 29.8 Å². The van der Waals surface area contributed by atoms with Crippen molar-refractivity contribution in [3.63, 3.8) is 0 Å². The number of hydrogen-bond acceptors (Lipinski definition) is 4. The van der Waals surface area contributed by atoms with E-state index in [1.807, 2.05) is 24.3 Å². The summed E-state index contributed by atoms with van der Waals surface area (Å²) >= 11 is 5.84. The Morgan fingerprint density at radius 2 is 2.20 bits per heavy atom. The van der Waals surface area contributed by atoms with Gasteiger partial charge in [0, 0.05) is 18.3 Å². The highest BCUT2D eigenvalue weighted by molar-refractivity contribution is 6.33. The summed E-state index contributed by atoms with van der Waals surface area (Å²) in [4.78, 5) is 15.8. The van der Waals surface area contributed by atoms with Crippen LogP contribution >= 0.6 is 11.6 Å². The number of carbonyl (C=O) groups is 1. The van der Waals surface area contributed by atoms with E-state index >= 15 is 0 Å². The topological polar surface area (TPSA) is 77.2 Å². The van der Waals surface area contributed by atoms with E-state index < -0.39 is 0 Å². The standard InChI is InChI=1S/C14H14ClN3O2/c1-20-12-5-3-2-4-9(12)7-18-14(19)10-6-11(15)13(16)17-8-10/h2-6,8H,7H2,1H3,(H2,16,17)(H,18,19). The van der Waals surface area contributed by atoms with Gasteiger partial charge in [-0.2, -0.15) is 0 Å². The normalized spacial score (nSPS) is 10.1. The molecule has 0 bridgehead atoms. The fourth-order valence-electron chi connectivity index (χ4n) is 1.70. The van der Waals surface area contributed by atoms with Gasteiger partial charge in [-0.05, 0) is 12.1 Å². The summed E-state index contributed by atoms with van der Waals surface area (Å²) in [6, 6.07) is 8.96. The fourth-order valence-corrected chi connectivity index (χ4v) is 1.87. The van der Waals surface area contributed by atoms with Crippen molar-refractivity contribution >= 4 is 23.3 Å². The number of nitrogens with one attached hydrogen (secondary N) is 1. The Hall–Kier alpha value is -2.27. The Morgan fingerprint density at radius 1 is 1.45 bits per heavy atom. The number of carbonyl (C=O) groups excluding carboxylic acids is 1. The Kier molecular flexibility index (Phi) is 4.42. The molecule has 0 fully saturated rings. The number of anilines is 1. The molecule has 0 aliphatic carbocycles. The van der Waals surface area contributed by atoms with Crippen molar-refractivity contribution in [3.05, 3.63) is 52.7 Å². The zero-order valence-electron chi connectivity index (χ0n) is 10.9. The molecule has 6 heteroatoms. The smallest absolute Gasteiger partial charge is 0.253 e. The average molecular weight is 292 g/mol. The third-order valence-corrected chi connectivity index (χ3v) is 3.07. The first-order valence-corrected chi connectivity index (χ1v) is 6.30. The molecule has 3 N–H and O–H groups in total. The maximum atomic E-state index is 12.0. The van der Waals surface area contributed by atoms with Crippen LogP contribution in [0.5, 0.6) is 5.75 Å². The number of para-hydroxylation sites is 1. The molecular weight excluding hydrogens is 278 g/mol. The van der Waals surface area contributed by atoms with Crippen molar-refractivity contribution in [2.24, 2.45) is 0 Å². The van der Waals surface area contributed by atoms with Crippen LogP contribution in [0.4, 0.5) is 5.82 Å². The van der Waals surface area contributed by atoms with Crippen LogP contribution in [0.2, 0.25) is 5.02 Å². The van der Waals surface area contributed by atoms with Crippen LogP contribution in [0.15, 0.2) is 36.5 Å². The van der Waals surface area contributed by atoms with Gasteiger partial charge >= 0.3 is 0 Å². The number of amides is 1. The maximum absolute atomic E-state index is 12.0. The van der Waals surface area contributed by atoms with E-state index in [2.05, 4.69) is 10.3 Å². The van der Waals surface area contributed by atoms with Gasteiger partial charge in [-0.15, -0.1) is 0 Å². The summed E-state index contributed by atoms with van der Waals surface area (Å²) in [7, 11) is 1.59. The number of rotatable bonds is 4. The first-order chi connectivity index (χ1) is 9.61. The molecule has 1 aromatic heterocycles. The molecule has 0 saturated heterocycles. The summed E-state index contributed by atoms with van der Waals surface area (Å²) in [5, 5.41) is 3.04. The molecule has 0 aliphatic heterocycles. The lowest BCUT2D eigenvalue weighted by molar-refractivity contribution is 0.0950. The van der Waals surface area contributed by atoms with E-state index in [9.17, 15) is 4.79 Å². The number of nitrogen functional groups attached to an aromatic ring is 1. The van der Waals surface area contributed by atoms with E-state index in [0.717, 1.165) is 11.3 Å². The molecule has 0 unspecified atom stereocenters. The Balaban J connectivity index is 2.06. The Morgan fingerprint density at radius 3 is 2.90 bits per heavy atom. The third kappa shape index (κ3) is 3.19. The Labute approximate surface area is 121 Å². The number of ether oxygens (including phenoxy) is 1. The number of nitrogens with zero attached hydrogens (tertiary/aromatic N) is 1. The summed E-state index contributed by atoms with van der Waals surface area (Å²) in [5.74, 6) is 0.652. The summed E-state index contributed by atoms with van der Waals surface area (Å²) in [5.41, 5.74) is 6.75. The molecule has 104 valence electrons. The predicted octanol–water partition coefficient (Wildman–Crippen LogP) is 2.26.